The molecule has 0 radical (unpaired) electrons. The highest BCUT2D eigenvalue weighted by Gasteiger charge is 2.36. The summed E-state index contributed by atoms with van der Waals surface area (Å²) in [5, 5.41) is -0.412. The van der Waals surface area contributed by atoms with Crippen LogP contribution in [0.15, 0.2) is 11.6 Å². The lowest BCUT2D eigenvalue weighted by Crippen LogP contribution is -2.49. The predicted molar refractivity (Wildman–Crippen MR) is 77.7 cm³/mol. The van der Waals surface area contributed by atoms with Crippen molar-refractivity contribution in [2.45, 2.75) is 57.2 Å². The minimum Gasteiger partial charge on any atom is -0.338 e. The Hall–Kier alpha value is -0.840. The maximum absolute atomic E-state index is 12.3. The molecule has 0 aromatic rings. The Labute approximate surface area is 116 Å². The molecule has 0 heterocycles. The van der Waals surface area contributed by atoms with Gasteiger partial charge >= 0.3 is 0 Å². The second kappa shape index (κ2) is 6.55. The molecule has 19 heavy (non-hydrogen) atoms. The zero-order chi connectivity index (χ0) is 14.6. The van der Waals surface area contributed by atoms with E-state index in [9.17, 15) is 13.2 Å². The van der Waals surface area contributed by atoms with Gasteiger partial charge in [0.25, 0.3) is 0 Å². The summed E-state index contributed by atoms with van der Waals surface area (Å²) in [6.07, 6.45) is 7.34. The van der Waals surface area contributed by atoms with Gasteiger partial charge in [0, 0.05) is 24.9 Å². The van der Waals surface area contributed by atoms with Crippen LogP contribution in [0.3, 0.4) is 0 Å². The van der Waals surface area contributed by atoms with Crippen molar-refractivity contribution in [2.75, 3.05) is 13.3 Å². The lowest BCUT2D eigenvalue weighted by Gasteiger charge is -2.37. The lowest BCUT2D eigenvalue weighted by atomic mass is 9.93. The Balaban J connectivity index is 2.92. The number of carbonyl (C=O) groups excluding carboxylic acids is 1. The number of likely N-dealkylation sites (N-methyl/N-ethyl adjacent to an activating group) is 1. The highest BCUT2D eigenvalue weighted by Crippen LogP contribution is 2.28. The molecule has 2 atom stereocenters. The maximum Gasteiger partial charge on any atom is 0.249 e. The molecule has 1 aliphatic carbocycles. The monoisotopic (exact) mass is 287 g/mol. The fourth-order valence-corrected chi connectivity index (χ4v) is 4.33. The van der Waals surface area contributed by atoms with Crippen molar-refractivity contribution in [3.05, 3.63) is 11.6 Å². The first kappa shape index (κ1) is 16.2. The Kier molecular flexibility index (Phi) is 5.59. The second-order valence-electron chi connectivity index (χ2n) is 5.43. The van der Waals surface area contributed by atoms with E-state index in [0.717, 1.165) is 25.7 Å². The molecule has 5 heteroatoms. The standard InChI is InChI=1S/C14H25NO3S/c1-5-8-11(2)14(16)15(3)12-9-6-7-10-13(12)19(4,17)18/h8,12-13H,5-7,9-10H2,1-4H3/b11-8+/t12-,13-/m1/s1. The van der Waals surface area contributed by atoms with Crippen LogP contribution in [0.5, 0.6) is 0 Å². The highest BCUT2D eigenvalue weighted by molar-refractivity contribution is 7.91. The molecule has 0 bridgehead atoms. The summed E-state index contributed by atoms with van der Waals surface area (Å²) in [6.45, 7) is 3.78. The molecule has 0 N–H and O–H groups in total. The van der Waals surface area contributed by atoms with Crippen LogP contribution < -0.4 is 0 Å². The van der Waals surface area contributed by atoms with Gasteiger partial charge in [0.2, 0.25) is 5.91 Å². The normalized spacial score (nSPS) is 25.2. The molecule has 1 rings (SSSR count). The van der Waals surface area contributed by atoms with Crippen LogP contribution in [0.4, 0.5) is 0 Å². The van der Waals surface area contributed by atoms with Crippen LogP contribution in [0.1, 0.15) is 46.0 Å². The molecular formula is C14H25NO3S. The zero-order valence-electron chi connectivity index (χ0n) is 12.3. The number of carbonyl (C=O) groups is 1. The molecule has 1 aliphatic rings. The molecule has 110 valence electrons. The van der Waals surface area contributed by atoms with Crippen molar-refractivity contribution in [3.8, 4) is 0 Å². The number of amides is 1. The number of allylic oxidation sites excluding steroid dienone is 1. The van der Waals surface area contributed by atoms with Crippen LogP contribution in [0.25, 0.3) is 0 Å². The predicted octanol–water partition coefficient (Wildman–Crippen LogP) is 2.16. The number of hydrogen-bond acceptors (Lipinski definition) is 3. The number of nitrogens with zero attached hydrogens (tertiary/aromatic N) is 1. The summed E-state index contributed by atoms with van der Waals surface area (Å²) in [7, 11) is -1.38. The van der Waals surface area contributed by atoms with Gasteiger partial charge in [-0.3, -0.25) is 4.79 Å². The summed E-state index contributed by atoms with van der Waals surface area (Å²) < 4.78 is 23.7. The fraction of sp³-hybridized carbons (Fsp3) is 0.786. The van der Waals surface area contributed by atoms with Crippen LogP contribution in [0.2, 0.25) is 0 Å². The van der Waals surface area contributed by atoms with Crippen LogP contribution in [0, 0.1) is 0 Å². The Bertz CT molecular complexity index is 453. The molecule has 1 amide bonds. The summed E-state index contributed by atoms with van der Waals surface area (Å²) in [5.74, 6) is -0.0533. The Morgan fingerprint density at radius 1 is 1.32 bits per heavy atom. The third-order valence-electron chi connectivity index (χ3n) is 3.88. The third-order valence-corrected chi connectivity index (χ3v) is 5.53. The van der Waals surface area contributed by atoms with Gasteiger partial charge in [-0.2, -0.15) is 0 Å². The zero-order valence-corrected chi connectivity index (χ0v) is 13.2. The molecule has 1 saturated carbocycles. The average molecular weight is 287 g/mol. The Morgan fingerprint density at radius 2 is 1.89 bits per heavy atom. The smallest absolute Gasteiger partial charge is 0.249 e. The van der Waals surface area contributed by atoms with Crippen molar-refractivity contribution >= 4 is 15.7 Å². The third kappa shape index (κ3) is 4.06. The lowest BCUT2D eigenvalue weighted by molar-refractivity contribution is -0.128. The molecule has 0 spiro atoms. The first-order chi connectivity index (χ1) is 8.79. The fourth-order valence-electron chi connectivity index (χ4n) is 2.84. The van der Waals surface area contributed by atoms with E-state index >= 15 is 0 Å². The quantitative estimate of drug-likeness (QED) is 0.745. The largest absolute Gasteiger partial charge is 0.338 e. The van der Waals surface area contributed by atoms with E-state index in [1.165, 1.54) is 6.26 Å². The molecule has 0 unspecified atom stereocenters. The first-order valence-electron chi connectivity index (χ1n) is 6.91. The highest BCUT2D eigenvalue weighted by atomic mass is 32.2. The van der Waals surface area contributed by atoms with Gasteiger partial charge in [-0.15, -0.1) is 0 Å². The summed E-state index contributed by atoms with van der Waals surface area (Å²) >= 11 is 0. The van der Waals surface area contributed by atoms with Gasteiger partial charge in [-0.05, 0) is 26.2 Å². The summed E-state index contributed by atoms with van der Waals surface area (Å²) in [5.41, 5.74) is 0.697. The van der Waals surface area contributed by atoms with E-state index < -0.39 is 15.1 Å². The molecule has 0 aliphatic heterocycles. The van der Waals surface area contributed by atoms with E-state index in [-0.39, 0.29) is 11.9 Å². The van der Waals surface area contributed by atoms with Crippen molar-refractivity contribution < 1.29 is 13.2 Å². The molecule has 4 nitrogen and oxygen atoms in total. The number of sulfone groups is 1. The van der Waals surface area contributed by atoms with Crippen molar-refractivity contribution in [3.63, 3.8) is 0 Å². The van der Waals surface area contributed by atoms with Gasteiger partial charge < -0.3 is 4.90 Å². The number of rotatable bonds is 4. The second-order valence-corrected chi connectivity index (χ2v) is 7.70. The SMILES string of the molecule is CC/C=C(\C)C(=O)N(C)[C@@H]1CCCC[C@H]1S(C)(=O)=O. The molecular weight excluding hydrogens is 262 g/mol. The molecule has 0 saturated heterocycles. The minimum absolute atomic E-state index is 0.0533. The van der Waals surface area contributed by atoms with Crippen LogP contribution in [-0.4, -0.2) is 43.8 Å². The summed E-state index contributed by atoms with van der Waals surface area (Å²) in [4.78, 5) is 13.9. The summed E-state index contributed by atoms with van der Waals surface area (Å²) in [6, 6.07) is -0.184. The van der Waals surface area contributed by atoms with Crippen molar-refractivity contribution in [1.82, 2.24) is 4.90 Å². The molecule has 0 aromatic heterocycles. The number of hydrogen-bond donors (Lipinski definition) is 0. The van der Waals surface area contributed by atoms with Gasteiger partial charge in [-0.1, -0.05) is 25.8 Å². The molecule has 1 fully saturated rings. The maximum atomic E-state index is 12.3. The first-order valence-corrected chi connectivity index (χ1v) is 8.87. The van der Waals surface area contributed by atoms with Crippen molar-refractivity contribution in [2.24, 2.45) is 0 Å². The van der Waals surface area contributed by atoms with Gasteiger partial charge in [0.15, 0.2) is 9.84 Å². The van der Waals surface area contributed by atoms with E-state index in [1.807, 2.05) is 13.0 Å². The molecule has 0 aromatic carbocycles. The van der Waals surface area contributed by atoms with E-state index in [1.54, 1.807) is 18.9 Å². The Morgan fingerprint density at radius 3 is 2.42 bits per heavy atom. The average Bonchev–Trinajstić information content (AvgIpc) is 2.36. The van der Waals surface area contributed by atoms with Gasteiger partial charge in [0.1, 0.15) is 0 Å². The van der Waals surface area contributed by atoms with E-state index in [0.29, 0.717) is 12.0 Å². The van der Waals surface area contributed by atoms with E-state index in [4.69, 9.17) is 0 Å². The topological polar surface area (TPSA) is 54.5 Å². The van der Waals surface area contributed by atoms with Crippen LogP contribution in [-0.2, 0) is 14.6 Å². The van der Waals surface area contributed by atoms with Crippen LogP contribution >= 0.6 is 0 Å². The van der Waals surface area contributed by atoms with Gasteiger partial charge in [0.05, 0.1) is 5.25 Å². The minimum atomic E-state index is -3.10. The van der Waals surface area contributed by atoms with Gasteiger partial charge in [-0.25, -0.2) is 8.42 Å². The van der Waals surface area contributed by atoms with Crippen molar-refractivity contribution in [1.29, 1.82) is 0 Å². The van der Waals surface area contributed by atoms with E-state index in [2.05, 4.69) is 0 Å².